The summed E-state index contributed by atoms with van der Waals surface area (Å²) in [5.41, 5.74) is 6.37. The molecule has 0 aliphatic heterocycles. The predicted octanol–water partition coefficient (Wildman–Crippen LogP) is 1.22. The second kappa shape index (κ2) is 4.94. The zero-order valence-electron chi connectivity index (χ0n) is 10.2. The molecule has 5 heteroatoms. The molecule has 1 aliphatic rings. The van der Waals surface area contributed by atoms with Gasteiger partial charge in [-0.2, -0.15) is 0 Å². The summed E-state index contributed by atoms with van der Waals surface area (Å²) in [6.45, 7) is 1.75. The van der Waals surface area contributed by atoms with Crippen molar-refractivity contribution in [1.29, 1.82) is 0 Å². The van der Waals surface area contributed by atoms with Crippen LogP contribution in [0.2, 0.25) is 0 Å². The summed E-state index contributed by atoms with van der Waals surface area (Å²) >= 11 is 0. The van der Waals surface area contributed by atoms with Crippen molar-refractivity contribution < 1.29 is 14.3 Å². The zero-order chi connectivity index (χ0) is 13.3. The third-order valence-electron chi connectivity index (χ3n) is 3.28. The van der Waals surface area contributed by atoms with Crippen molar-refractivity contribution >= 4 is 11.6 Å². The Morgan fingerprint density at radius 1 is 1.61 bits per heavy atom. The van der Waals surface area contributed by atoms with Crippen molar-refractivity contribution in [3.05, 3.63) is 29.1 Å². The summed E-state index contributed by atoms with van der Waals surface area (Å²) in [5, 5.41) is 12.2. The Morgan fingerprint density at radius 3 is 2.83 bits per heavy atom. The maximum absolute atomic E-state index is 13.4. The van der Waals surface area contributed by atoms with E-state index in [4.69, 9.17) is 5.73 Å². The van der Waals surface area contributed by atoms with Crippen LogP contribution in [0, 0.1) is 18.7 Å². The lowest BCUT2D eigenvalue weighted by Crippen LogP contribution is -2.33. The summed E-state index contributed by atoms with van der Waals surface area (Å²) in [6, 6.07) is 2.60. The van der Waals surface area contributed by atoms with Gasteiger partial charge in [0.05, 0.1) is 6.10 Å². The van der Waals surface area contributed by atoms with Crippen LogP contribution < -0.4 is 11.1 Å². The van der Waals surface area contributed by atoms with E-state index in [1.807, 2.05) is 0 Å². The number of rotatable bonds is 4. The predicted molar refractivity (Wildman–Crippen MR) is 66.6 cm³/mol. The second-order valence-electron chi connectivity index (χ2n) is 4.79. The molecule has 0 saturated heterocycles. The third-order valence-corrected chi connectivity index (χ3v) is 3.28. The van der Waals surface area contributed by atoms with Gasteiger partial charge in [0.15, 0.2) is 0 Å². The monoisotopic (exact) mass is 252 g/mol. The maximum Gasteiger partial charge on any atom is 0.251 e. The molecule has 4 N–H and O–H groups in total. The second-order valence-corrected chi connectivity index (χ2v) is 4.79. The number of nitrogens with two attached hydrogens (primary N) is 1. The highest BCUT2D eigenvalue weighted by Crippen LogP contribution is 2.32. The number of carbonyl (C=O) groups excluding carboxylic acids is 1. The average molecular weight is 252 g/mol. The molecule has 1 unspecified atom stereocenters. The van der Waals surface area contributed by atoms with Crippen LogP contribution in [0.15, 0.2) is 12.1 Å². The molecule has 1 fully saturated rings. The van der Waals surface area contributed by atoms with Crippen molar-refractivity contribution in [2.24, 2.45) is 5.92 Å². The number of aliphatic hydroxyl groups excluding tert-OH is 1. The molecule has 0 bridgehead atoms. The van der Waals surface area contributed by atoms with E-state index in [1.165, 1.54) is 6.07 Å². The molecule has 1 aromatic carbocycles. The van der Waals surface area contributed by atoms with E-state index in [2.05, 4.69) is 5.32 Å². The van der Waals surface area contributed by atoms with Crippen LogP contribution in [0.4, 0.5) is 10.1 Å². The number of benzene rings is 1. The number of aliphatic hydroxyl groups is 1. The average Bonchev–Trinajstić information content (AvgIpc) is 3.16. The molecular formula is C13H17FN2O2. The Hall–Kier alpha value is -1.62. The van der Waals surface area contributed by atoms with Crippen LogP contribution in [0.25, 0.3) is 0 Å². The van der Waals surface area contributed by atoms with Crippen molar-refractivity contribution in [2.75, 3.05) is 12.3 Å². The van der Waals surface area contributed by atoms with E-state index in [9.17, 15) is 14.3 Å². The minimum atomic E-state index is -0.512. The molecule has 18 heavy (non-hydrogen) atoms. The van der Waals surface area contributed by atoms with E-state index in [1.54, 1.807) is 6.92 Å². The highest BCUT2D eigenvalue weighted by atomic mass is 19.1. The Balaban J connectivity index is 1.99. The molecule has 0 spiro atoms. The molecule has 1 atom stereocenters. The normalized spacial score (nSPS) is 16.4. The van der Waals surface area contributed by atoms with E-state index in [0.717, 1.165) is 18.9 Å². The highest BCUT2D eigenvalue weighted by Gasteiger charge is 2.29. The quantitative estimate of drug-likeness (QED) is 0.705. The van der Waals surface area contributed by atoms with Gasteiger partial charge in [0.25, 0.3) is 5.91 Å². The number of hydrogen-bond acceptors (Lipinski definition) is 3. The molecule has 1 aliphatic carbocycles. The molecule has 0 aromatic heterocycles. The van der Waals surface area contributed by atoms with Gasteiger partial charge >= 0.3 is 0 Å². The highest BCUT2D eigenvalue weighted by molar-refractivity contribution is 5.95. The van der Waals surface area contributed by atoms with Crippen LogP contribution in [0.3, 0.4) is 0 Å². The summed E-state index contributed by atoms with van der Waals surface area (Å²) in [6.07, 6.45) is 1.49. The summed E-state index contributed by atoms with van der Waals surface area (Å²) in [5.74, 6) is -0.617. The first kappa shape index (κ1) is 12.8. The molecule has 1 amide bonds. The lowest BCUT2D eigenvalue weighted by molar-refractivity contribution is 0.0901. The zero-order valence-corrected chi connectivity index (χ0v) is 10.2. The van der Waals surface area contributed by atoms with E-state index in [0.29, 0.717) is 11.5 Å². The van der Waals surface area contributed by atoms with Crippen LogP contribution in [0.5, 0.6) is 0 Å². The number of halogens is 1. The Kier molecular flexibility index (Phi) is 3.52. The van der Waals surface area contributed by atoms with Gasteiger partial charge < -0.3 is 16.2 Å². The minimum Gasteiger partial charge on any atom is -0.398 e. The molecule has 0 radical (unpaired) electrons. The third kappa shape index (κ3) is 2.79. The van der Waals surface area contributed by atoms with Crippen LogP contribution in [-0.2, 0) is 0 Å². The van der Waals surface area contributed by atoms with Crippen LogP contribution in [-0.4, -0.2) is 23.7 Å². The lowest BCUT2D eigenvalue weighted by atomic mass is 10.1. The Labute approximate surface area is 105 Å². The lowest BCUT2D eigenvalue weighted by Gasteiger charge is -2.11. The molecule has 1 saturated carbocycles. The summed E-state index contributed by atoms with van der Waals surface area (Å²) in [7, 11) is 0. The van der Waals surface area contributed by atoms with Gasteiger partial charge in [-0.25, -0.2) is 4.39 Å². The van der Waals surface area contributed by atoms with Gasteiger partial charge in [-0.3, -0.25) is 4.79 Å². The van der Waals surface area contributed by atoms with Crippen molar-refractivity contribution in [3.63, 3.8) is 0 Å². The number of nitrogen functional groups attached to an aromatic ring is 1. The summed E-state index contributed by atoms with van der Waals surface area (Å²) in [4.78, 5) is 11.8. The van der Waals surface area contributed by atoms with Crippen molar-refractivity contribution in [3.8, 4) is 0 Å². The van der Waals surface area contributed by atoms with Gasteiger partial charge in [0.1, 0.15) is 5.82 Å². The number of anilines is 1. The van der Waals surface area contributed by atoms with Crippen molar-refractivity contribution in [2.45, 2.75) is 25.9 Å². The first-order chi connectivity index (χ1) is 8.49. The smallest absolute Gasteiger partial charge is 0.251 e. The number of nitrogens with one attached hydrogen (secondary N) is 1. The van der Waals surface area contributed by atoms with Gasteiger partial charge in [0.2, 0.25) is 0 Å². The minimum absolute atomic E-state index is 0.179. The number of amides is 1. The molecule has 0 heterocycles. The van der Waals surface area contributed by atoms with Gasteiger partial charge in [-0.15, -0.1) is 0 Å². The fourth-order valence-corrected chi connectivity index (χ4v) is 1.78. The number of hydrogen-bond donors (Lipinski definition) is 3. The van der Waals surface area contributed by atoms with E-state index >= 15 is 0 Å². The van der Waals surface area contributed by atoms with Crippen LogP contribution >= 0.6 is 0 Å². The molecule has 2 rings (SSSR count). The maximum atomic E-state index is 13.4. The van der Waals surface area contributed by atoms with E-state index < -0.39 is 17.8 Å². The van der Waals surface area contributed by atoms with E-state index in [-0.39, 0.29) is 17.8 Å². The Morgan fingerprint density at radius 2 is 2.28 bits per heavy atom. The molecule has 98 valence electrons. The molecular weight excluding hydrogens is 235 g/mol. The largest absolute Gasteiger partial charge is 0.398 e. The van der Waals surface area contributed by atoms with Gasteiger partial charge in [-0.1, -0.05) is 0 Å². The SMILES string of the molecule is Cc1c(N)cc(C(=O)NCC(O)C2CC2)cc1F. The molecule has 4 nitrogen and oxygen atoms in total. The van der Waals surface area contributed by atoms with Gasteiger partial charge in [0, 0.05) is 23.4 Å². The fourth-order valence-electron chi connectivity index (χ4n) is 1.78. The Bertz CT molecular complexity index is 449. The van der Waals surface area contributed by atoms with Crippen molar-refractivity contribution in [1.82, 2.24) is 5.32 Å². The molecule has 1 aromatic rings. The van der Waals surface area contributed by atoms with Crippen LogP contribution in [0.1, 0.15) is 28.8 Å². The van der Waals surface area contributed by atoms with Gasteiger partial charge in [-0.05, 0) is 37.8 Å². The number of carbonyl (C=O) groups is 1. The topological polar surface area (TPSA) is 75.4 Å². The fraction of sp³-hybridized carbons (Fsp3) is 0.462. The first-order valence-corrected chi connectivity index (χ1v) is 6.01. The summed E-state index contributed by atoms with van der Waals surface area (Å²) < 4.78 is 13.4. The first-order valence-electron chi connectivity index (χ1n) is 6.01. The standard InChI is InChI=1S/C13H17FN2O2/c1-7-10(14)4-9(5-11(7)15)13(18)16-6-12(17)8-2-3-8/h4-5,8,12,17H,2-3,6,15H2,1H3,(H,16,18).